The van der Waals surface area contributed by atoms with Crippen LogP contribution in [0.1, 0.15) is 32.1 Å². The number of nitrogens with zero attached hydrogens (tertiary/aromatic N) is 1. The van der Waals surface area contributed by atoms with Crippen LogP contribution in [0.5, 0.6) is 0 Å². The van der Waals surface area contributed by atoms with Crippen molar-refractivity contribution in [2.75, 3.05) is 11.4 Å². The molecule has 0 spiro atoms. The van der Waals surface area contributed by atoms with E-state index in [1.165, 1.54) is 44.3 Å². The molecule has 1 saturated heterocycles. The Kier molecular flexibility index (Phi) is 2.40. The second-order valence-electron chi connectivity index (χ2n) is 5.00. The van der Waals surface area contributed by atoms with Crippen LogP contribution in [0.4, 0.5) is 5.69 Å². The summed E-state index contributed by atoms with van der Waals surface area (Å²) in [4.78, 5) is 2.63. The first-order valence-electron chi connectivity index (χ1n) is 6.25. The summed E-state index contributed by atoms with van der Waals surface area (Å²) in [6.07, 6.45) is 7.18. The van der Waals surface area contributed by atoms with Crippen molar-refractivity contribution in [3.63, 3.8) is 0 Å². The van der Waals surface area contributed by atoms with Gasteiger partial charge in [-0.2, -0.15) is 0 Å². The van der Waals surface area contributed by atoms with Crippen molar-refractivity contribution in [1.82, 2.24) is 0 Å². The first-order chi connectivity index (χ1) is 7.43. The van der Waals surface area contributed by atoms with Gasteiger partial charge in [-0.1, -0.05) is 31.0 Å². The first-order valence-corrected chi connectivity index (χ1v) is 6.25. The highest BCUT2D eigenvalue weighted by Gasteiger charge is 2.31. The van der Waals surface area contributed by atoms with Crippen LogP contribution in [0.15, 0.2) is 30.3 Å². The highest BCUT2D eigenvalue weighted by molar-refractivity contribution is 5.47. The summed E-state index contributed by atoms with van der Waals surface area (Å²) in [6, 6.07) is 11.8. The van der Waals surface area contributed by atoms with Gasteiger partial charge in [0.2, 0.25) is 0 Å². The van der Waals surface area contributed by atoms with Crippen LogP contribution in [-0.4, -0.2) is 12.6 Å². The van der Waals surface area contributed by atoms with Crippen molar-refractivity contribution >= 4 is 5.69 Å². The number of piperidine rings is 1. The Balaban J connectivity index is 1.81. The third-order valence-electron chi connectivity index (χ3n) is 4.06. The summed E-state index contributed by atoms with van der Waals surface area (Å²) in [5.41, 5.74) is 1.43. The molecule has 0 aromatic heterocycles. The lowest BCUT2D eigenvalue weighted by molar-refractivity contribution is 0.256. The Labute approximate surface area is 92.1 Å². The van der Waals surface area contributed by atoms with Crippen LogP contribution < -0.4 is 4.90 Å². The molecule has 2 aliphatic rings. The summed E-state index contributed by atoms with van der Waals surface area (Å²) < 4.78 is 0. The molecule has 1 saturated carbocycles. The fraction of sp³-hybridized carbons (Fsp3) is 0.571. The molecule has 2 fully saturated rings. The maximum absolute atomic E-state index is 2.63. The standard InChI is InChI=1S/C14H19N/c1-2-6-13(7-3-1)15-10-9-12-5-4-8-14(15)11-12/h1-3,6-7,12,14H,4-5,8-11H2/t12-,14+/m1/s1. The molecule has 1 nitrogen and oxygen atoms in total. The number of anilines is 1. The van der Waals surface area contributed by atoms with E-state index in [4.69, 9.17) is 0 Å². The minimum Gasteiger partial charge on any atom is -0.369 e. The van der Waals surface area contributed by atoms with Crippen molar-refractivity contribution in [2.45, 2.75) is 38.1 Å². The molecule has 3 rings (SSSR count). The van der Waals surface area contributed by atoms with Gasteiger partial charge in [-0.25, -0.2) is 0 Å². The zero-order chi connectivity index (χ0) is 10.1. The third-order valence-corrected chi connectivity index (χ3v) is 4.06. The quantitative estimate of drug-likeness (QED) is 0.672. The number of hydrogen-bond donors (Lipinski definition) is 0. The SMILES string of the molecule is c1ccc(N2CC[C@H]3CCC[C@H]2C3)cc1. The Morgan fingerprint density at radius 2 is 1.87 bits per heavy atom. The maximum Gasteiger partial charge on any atom is 0.0368 e. The van der Waals surface area contributed by atoms with Crippen LogP contribution in [0.25, 0.3) is 0 Å². The molecule has 0 amide bonds. The van der Waals surface area contributed by atoms with Gasteiger partial charge in [-0.3, -0.25) is 0 Å². The number of rotatable bonds is 1. The third kappa shape index (κ3) is 1.75. The van der Waals surface area contributed by atoms with Crippen LogP contribution in [0.3, 0.4) is 0 Å². The van der Waals surface area contributed by atoms with Crippen LogP contribution in [-0.2, 0) is 0 Å². The van der Waals surface area contributed by atoms with Gasteiger partial charge in [-0.15, -0.1) is 0 Å². The molecular formula is C14H19N. The van der Waals surface area contributed by atoms with E-state index in [1.807, 2.05) is 0 Å². The van der Waals surface area contributed by atoms with Crippen LogP contribution in [0.2, 0.25) is 0 Å². The van der Waals surface area contributed by atoms with Crippen molar-refractivity contribution in [3.8, 4) is 0 Å². The Morgan fingerprint density at radius 3 is 2.73 bits per heavy atom. The summed E-state index contributed by atoms with van der Waals surface area (Å²) in [7, 11) is 0. The largest absolute Gasteiger partial charge is 0.369 e. The van der Waals surface area contributed by atoms with Gasteiger partial charge in [0.25, 0.3) is 0 Å². The molecule has 0 unspecified atom stereocenters. The topological polar surface area (TPSA) is 3.24 Å². The van der Waals surface area contributed by atoms with Crippen LogP contribution in [0, 0.1) is 5.92 Å². The first kappa shape index (κ1) is 9.26. The van der Waals surface area contributed by atoms with Gasteiger partial charge in [0.15, 0.2) is 0 Å². The second kappa shape index (κ2) is 3.88. The van der Waals surface area contributed by atoms with Gasteiger partial charge in [0, 0.05) is 18.3 Å². The summed E-state index contributed by atoms with van der Waals surface area (Å²) >= 11 is 0. The van der Waals surface area contributed by atoms with Crippen molar-refractivity contribution in [3.05, 3.63) is 30.3 Å². The predicted octanol–water partition coefficient (Wildman–Crippen LogP) is 3.46. The Morgan fingerprint density at radius 1 is 1.00 bits per heavy atom. The molecule has 1 heterocycles. The average molecular weight is 201 g/mol. The molecule has 80 valence electrons. The average Bonchev–Trinajstić information content (AvgIpc) is 2.31. The normalized spacial score (nSPS) is 30.3. The van der Waals surface area contributed by atoms with Crippen molar-refractivity contribution in [1.29, 1.82) is 0 Å². The van der Waals surface area contributed by atoms with E-state index in [2.05, 4.69) is 35.2 Å². The lowest BCUT2D eigenvalue weighted by Gasteiger charge is -2.44. The number of hydrogen-bond acceptors (Lipinski definition) is 1. The van der Waals surface area contributed by atoms with Crippen LogP contribution >= 0.6 is 0 Å². The smallest absolute Gasteiger partial charge is 0.0368 e. The molecule has 1 aliphatic heterocycles. The van der Waals surface area contributed by atoms with E-state index in [1.54, 1.807) is 0 Å². The van der Waals surface area contributed by atoms with Gasteiger partial charge in [-0.05, 0) is 37.3 Å². The molecule has 1 aromatic carbocycles. The van der Waals surface area contributed by atoms with Gasteiger partial charge in [0.1, 0.15) is 0 Å². The predicted molar refractivity (Wildman–Crippen MR) is 64.2 cm³/mol. The van der Waals surface area contributed by atoms with Crippen molar-refractivity contribution < 1.29 is 0 Å². The number of para-hydroxylation sites is 1. The minimum absolute atomic E-state index is 0.833. The summed E-state index contributed by atoms with van der Waals surface area (Å²) in [5.74, 6) is 1.03. The van der Waals surface area contributed by atoms with E-state index >= 15 is 0 Å². The van der Waals surface area contributed by atoms with Crippen molar-refractivity contribution in [2.24, 2.45) is 5.92 Å². The summed E-state index contributed by atoms with van der Waals surface area (Å²) in [5, 5.41) is 0. The van der Waals surface area contributed by atoms with Gasteiger partial charge < -0.3 is 4.90 Å². The van der Waals surface area contributed by atoms with E-state index in [0.29, 0.717) is 0 Å². The zero-order valence-electron chi connectivity index (χ0n) is 9.23. The summed E-state index contributed by atoms with van der Waals surface area (Å²) in [6.45, 7) is 1.28. The lowest BCUT2D eigenvalue weighted by atomic mass is 9.79. The highest BCUT2D eigenvalue weighted by Crippen LogP contribution is 2.36. The molecular weight excluding hydrogens is 182 g/mol. The highest BCUT2D eigenvalue weighted by atomic mass is 15.2. The molecule has 1 heteroatoms. The Hall–Kier alpha value is -0.980. The molecule has 0 N–H and O–H groups in total. The molecule has 1 aromatic rings. The lowest BCUT2D eigenvalue weighted by Crippen LogP contribution is -2.44. The number of benzene rings is 1. The maximum atomic E-state index is 2.63. The van der Waals surface area contributed by atoms with E-state index < -0.39 is 0 Å². The molecule has 1 aliphatic carbocycles. The minimum atomic E-state index is 0.833. The molecule has 2 atom stereocenters. The fourth-order valence-corrected chi connectivity index (χ4v) is 3.27. The molecule has 0 radical (unpaired) electrons. The van der Waals surface area contributed by atoms with E-state index in [0.717, 1.165) is 12.0 Å². The Bertz CT molecular complexity index is 319. The number of fused-ring (bicyclic) bond motifs is 2. The second-order valence-corrected chi connectivity index (χ2v) is 5.00. The van der Waals surface area contributed by atoms with E-state index in [-0.39, 0.29) is 0 Å². The van der Waals surface area contributed by atoms with E-state index in [9.17, 15) is 0 Å². The van der Waals surface area contributed by atoms with Gasteiger partial charge >= 0.3 is 0 Å². The fourth-order valence-electron chi connectivity index (χ4n) is 3.27. The zero-order valence-corrected chi connectivity index (χ0v) is 9.23. The van der Waals surface area contributed by atoms with Gasteiger partial charge in [0.05, 0.1) is 0 Å². The molecule has 2 bridgehead atoms. The molecule has 15 heavy (non-hydrogen) atoms. The monoisotopic (exact) mass is 201 g/mol.